The zero-order valence-corrected chi connectivity index (χ0v) is 13.6. The van der Waals surface area contributed by atoms with Gasteiger partial charge >= 0.3 is 0 Å². The molecule has 0 aliphatic carbocycles. The zero-order valence-electron chi connectivity index (χ0n) is 12.7. The summed E-state index contributed by atoms with van der Waals surface area (Å²) in [6.07, 6.45) is 0.899. The second kappa shape index (κ2) is 8.09. The van der Waals surface area contributed by atoms with E-state index in [1.807, 2.05) is 0 Å². The number of halogens is 1. The molecule has 0 saturated carbocycles. The normalized spacial score (nSPS) is 16.1. The first-order chi connectivity index (χ1) is 10.5. The van der Waals surface area contributed by atoms with Crippen LogP contribution in [-0.4, -0.2) is 36.7 Å². The van der Waals surface area contributed by atoms with Crippen LogP contribution in [0.15, 0.2) is 18.2 Å². The molecule has 3 N–H and O–H groups in total. The molecule has 1 heterocycles. The van der Waals surface area contributed by atoms with Crippen molar-refractivity contribution in [2.45, 2.75) is 24.9 Å². The number of rotatable bonds is 5. The standard InChI is InChI=1S/C14H19N3O5.ClH/c1-21-12-3-2-11(17(19)20)8-10(12)9-16-13(18)14(15)4-6-22-7-5-14;/h2-3,8H,4-7,9,15H2,1H3,(H,16,18);1H. The van der Waals surface area contributed by atoms with E-state index < -0.39 is 10.5 Å². The second-order valence-electron chi connectivity index (χ2n) is 5.20. The number of nitrogens with zero attached hydrogens (tertiary/aromatic N) is 1. The van der Waals surface area contributed by atoms with Crippen LogP contribution >= 0.6 is 12.4 Å². The van der Waals surface area contributed by atoms with E-state index in [4.69, 9.17) is 15.2 Å². The van der Waals surface area contributed by atoms with E-state index >= 15 is 0 Å². The van der Waals surface area contributed by atoms with Crippen LogP contribution in [0.25, 0.3) is 0 Å². The summed E-state index contributed by atoms with van der Waals surface area (Å²) in [5.41, 5.74) is 5.60. The van der Waals surface area contributed by atoms with Crippen molar-refractivity contribution in [1.82, 2.24) is 5.32 Å². The van der Waals surface area contributed by atoms with Crippen LogP contribution in [0.4, 0.5) is 5.69 Å². The lowest BCUT2D eigenvalue weighted by molar-refractivity contribution is -0.384. The number of benzene rings is 1. The summed E-state index contributed by atoms with van der Waals surface area (Å²) in [5, 5.41) is 13.6. The van der Waals surface area contributed by atoms with Crippen molar-refractivity contribution in [3.63, 3.8) is 0 Å². The molecule has 0 aromatic heterocycles. The number of carbonyl (C=O) groups excluding carboxylic acids is 1. The van der Waals surface area contributed by atoms with Crippen molar-refractivity contribution in [1.29, 1.82) is 0 Å². The smallest absolute Gasteiger partial charge is 0.270 e. The molecule has 8 nitrogen and oxygen atoms in total. The number of nitrogens with one attached hydrogen (secondary N) is 1. The van der Waals surface area contributed by atoms with Gasteiger partial charge in [-0.05, 0) is 18.9 Å². The largest absolute Gasteiger partial charge is 0.496 e. The lowest BCUT2D eigenvalue weighted by atomic mass is 9.90. The molecule has 128 valence electrons. The number of methoxy groups -OCH3 is 1. The quantitative estimate of drug-likeness (QED) is 0.610. The molecule has 1 aromatic rings. The van der Waals surface area contributed by atoms with Gasteiger partial charge in [0.1, 0.15) is 5.75 Å². The molecule has 1 aliphatic heterocycles. The summed E-state index contributed by atoms with van der Waals surface area (Å²) in [6.45, 7) is 1.01. The molecule has 0 unspecified atom stereocenters. The lowest BCUT2D eigenvalue weighted by Crippen LogP contribution is -2.56. The van der Waals surface area contributed by atoms with Crippen LogP contribution < -0.4 is 15.8 Å². The van der Waals surface area contributed by atoms with Crippen LogP contribution in [-0.2, 0) is 16.1 Å². The number of nitro groups is 1. The Bertz CT molecular complexity index is 576. The molecule has 0 spiro atoms. The SMILES string of the molecule is COc1ccc([N+](=O)[O-])cc1CNC(=O)C1(N)CCOCC1.Cl. The van der Waals surface area contributed by atoms with E-state index in [0.717, 1.165) is 0 Å². The maximum Gasteiger partial charge on any atom is 0.270 e. The van der Waals surface area contributed by atoms with Gasteiger partial charge in [0.25, 0.3) is 5.69 Å². The van der Waals surface area contributed by atoms with Crippen LogP contribution in [0.2, 0.25) is 0 Å². The second-order valence-corrected chi connectivity index (χ2v) is 5.20. The molecule has 1 amide bonds. The van der Waals surface area contributed by atoms with E-state index in [0.29, 0.717) is 37.4 Å². The highest BCUT2D eigenvalue weighted by molar-refractivity contribution is 5.86. The van der Waals surface area contributed by atoms with Gasteiger partial charge in [-0.25, -0.2) is 0 Å². The van der Waals surface area contributed by atoms with Crippen molar-refractivity contribution in [2.24, 2.45) is 5.73 Å². The topological polar surface area (TPSA) is 117 Å². The van der Waals surface area contributed by atoms with Crippen molar-refractivity contribution in [3.8, 4) is 5.75 Å². The molecular formula is C14H20ClN3O5. The van der Waals surface area contributed by atoms with Gasteiger partial charge in [0, 0.05) is 37.5 Å². The summed E-state index contributed by atoms with van der Waals surface area (Å²) >= 11 is 0. The van der Waals surface area contributed by atoms with Gasteiger partial charge in [-0.3, -0.25) is 14.9 Å². The predicted octanol–water partition coefficient (Wildman–Crippen LogP) is 1.15. The molecule has 23 heavy (non-hydrogen) atoms. The maximum absolute atomic E-state index is 12.2. The number of amides is 1. The van der Waals surface area contributed by atoms with Gasteiger partial charge in [-0.15, -0.1) is 12.4 Å². The van der Waals surface area contributed by atoms with Gasteiger partial charge in [-0.2, -0.15) is 0 Å². The molecular weight excluding hydrogens is 326 g/mol. The first kappa shape index (κ1) is 19.1. The Morgan fingerprint density at radius 3 is 2.70 bits per heavy atom. The van der Waals surface area contributed by atoms with E-state index in [2.05, 4.69) is 5.32 Å². The first-order valence-corrected chi connectivity index (χ1v) is 6.92. The molecule has 0 radical (unpaired) electrons. The fraction of sp³-hybridized carbons (Fsp3) is 0.500. The molecule has 0 atom stereocenters. The Morgan fingerprint density at radius 2 is 2.13 bits per heavy atom. The highest BCUT2D eigenvalue weighted by Crippen LogP contribution is 2.24. The van der Waals surface area contributed by atoms with Gasteiger partial charge in [0.15, 0.2) is 0 Å². The zero-order chi connectivity index (χ0) is 16.2. The van der Waals surface area contributed by atoms with Crippen molar-refractivity contribution >= 4 is 24.0 Å². The fourth-order valence-electron chi connectivity index (χ4n) is 2.33. The fourth-order valence-corrected chi connectivity index (χ4v) is 2.33. The van der Waals surface area contributed by atoms with Gasteiger partial charge in [0.2, 0.25) is 5.91 Å². The third kappa shape index (κ3) is 4.54. The first-order valence-electron chi connectivity index (χ1n) is 6.92. The summed E-state index contributed by atoms with van der Waals surface area (Å²) in [5.74, 6) is 0.188. The predicted molar refractivity (Wildman–Crippen MR) is 85.7 cm³/mol. The number of ether oxygens (including phenoxy) is 2. The minimum atomic E-state index is -0.952. The average molecular weight is 346 g/mol. The van der Waals surface area contributed by atoms with E-state index in [1.165, 1.54) is 25.3 Å². The number of hydrogen-bond acceptors (Lipinski definition) is 6. The minimum absolute atomic E-state index is 0. The summed E-state index contributed by atoms with van der Waals surface area (Å²) in [4.78, 5) is 22.6. The van der Waals surface area contributed by atoms with Crippen LogP contribution in [0, 0.1) is 10.1 Å². The highest BCUT2D eigenvalue weighted by Gasteiger charge is 2.35. The molecule has 1 fully saturated rings. The Labute approximate surface area is 139 Å². The van der Waals surface area contributed by atoms with E-state index in [-0.39, 0.29) is 30.5 Å². The monoisotopic (exact) mass is 345 g/mol. The van der Waals surface area contributed by atoms with Crippen LogP contribution in [0.5, 0.6) is 5.75 Å². The van der Waals surface area contributed by atoms with Crippen molar-refractivity contribution in [3.05, 3.63) is 33.9 Å². The Hall–Kier alpha value is -1.90. The molecule has 1 aromatic carbocycles. The summed E-state index contributed by atoms with van der Waals surface area (Å²) in [6, 6.07) is 4.24. The van der Waals surface area contributed by atoms with Gasteiger partial charge in [-0.1, -0.05) is 0 Å². The van der Waals surface area contributed by atoms with E-state index in [9.17, 15) is 14.9 Å². The average Bonchev–Trinajstić information content (AvgIpc) is 2.52. The van der Waals surface area contributed by atoms with Gasteiger partial charge < -0.3 is 20.5 Å². The van der Waals surface area contributed by atoms with Crippen molar-refractivity contribution < 1.29 is 19.2 Å². The minimum Gasteiger partial charge on any atom is -0.496 e. The lowest BCUT2D eigenvalue weighted by Gasteiger charge is -2.31. The highest BCUT2D eigenvalue weighted by atomic mass is 35.5. The Balaban J connectivity index is 0.00000264. The molecule has 2 rings (SSSR count). The molecule has 1 aliphatic rings. The van der Waals surface area contributed by atoms with Crippen LogP contribution in [0.1, 0.15) is 18.4 Å². The number of carbonyl (C=O) groups is 1. The number of nitro benzene ring substituents is 1. The summed E-state index contributed by atoms with van der Waals surface area (Å²) < 4.78 is 10.4. The Morgan fingerprint density at radius 1 is 1.48 bits per heavy atom. The maximum atomic E-state index is 12.2. The third-order valence-corrected chi connectivity index (χ3v) is 3.75. The third-order valence-electron chi connectivity index (χ3n) is 3.75. The van der Waals surface area contributed by atoms with Gasteiger partial charge in [0.05, 0.1) is 17.6 Å². The number of non-ortho nitro benzene ring substituents is 1. The van der Waals surface area contributed by atoms with Crippen LogP contribution in [0.3, 0.4) is 0 Å². The Kier molecular flexibility index (Phi) is 6.74. The molecule has 1 saturated heterocycles. The van der Waals surface area contributed by atoms with Crippen molar-refractivity contribution in [2.75, 3.05) is 20.3 Å². The number of hydrogen-bond donors (Lipinski definition) is 2. The van der Waals surface area contributed by atoms with E-state index in [1.54, 1.807) is 0 Å². The molecule has 9 heteroatoms. The number of nitrogens with two attached hydrogens (primary N) is 1. The molecule has 0 bridgehead atoms. The summed E-state index contributed by atoms with van der Waals surface area (Å²) in [7, 11) is 1.47.